The van der Waals surface area contributed by atoms with E-state index in [-0.39, 0.29) is 5.91 Å². The number of nitrogens with one attached hydrogen (secondary N) is 1. The standard InChI is InChI=1S/C18H26N2O2/c21-17(20-11-13-22-14-12-20)9-10-19-18(16-7-4-8-16)15-5-2-1-3-6-15/h1-3,5-6,16,18-19H,4,7-14H2/t18-/m0/s1. The molecule has 0 bridgehead atoms. The smallest absolute Gasteiger partial charge is 0.224 e. The lowest BCUT2D eigenvalue weighted by Crippen LogP contribution is -2.42. The van der Waals surface area contributed by atoms with Gasteiger partial charge in [-0.1, -0.05) is 36.8 Å². The average molecular weight is 302 g/mol. The maximum absolute atomic E-state index is 12.2. The highest BCUT2D eigenvalue weighted by atomic mass is 16.5. The lowest BCUT2D eigenvalue weighted by atomic mass is 9.77. The fraction of sp³-hybridized carbons (Fsp3) is 0.611. The van der Waals surface area contributed by atoms with Crippen LogP contribution in [0.4, 0.5) is 0 Å². The first-order chi connectivity index (χ1) is 10.8. The SMILES string of the molecule is O=C(CCN[C@@H](c1ccccc1)C1CCC1)N1CCOCC1. The second kappa shape index (κ2) is 7.75. The van der Waals surface area contributed by atoms with Gasteiger partial charge in [-0.05, 0) is 24.3 Å². The summed E-state index contributed by atoms with van der Waals surface area (Å²) in [7, 11) is 0. The van der Waals surface area contributed by atoms with E-state index in [2.05, 4.69) is 35.6 Å². The number of carbonyl (C=O) groups excluding carboxylic acids is 1. The molecule has 2 fully saturated rings. The molecule has 22 heavy (non-hydrogen) atoms. The third-order valence-corrected chi connectivity index (χ3v) is 4.85. The molecule has 4 nitrogen and oxygen atoms in total. The Bertz CT molecular complexity index is 467. The quantitative estimate of drug-likeness (QED) is 0.877. The molecule has 0 aromatic heterocycles. The Morgan fingerprint density at radius 2 is 1.95 bits per heavy atom. The van der Waals surface area contributed by atoms with E-state index in [1.807, 2.05) is 4.90 Å². The summed E-state index contributed by atoms with van der Waals surface area (Å²) in [5.41, 5.74) is 1.35. The minimum absolute atomic E-state index is 0.247. The molecule has 3 rings (SSSR count). The number of nitrogens with zero attached hydrogens (tertiary/aromatic N) is 1. The molecule has 1 aromatic rings. The molecule has 1 saturated carbocycles. The molecular weight excluding hydrogens is 276 g/mol. The lowest BCUT2D eigenvalue weighted by Gasteiger charge is -2.35. The van der Waals surface area contributed by atoms with Gasteiger partial charge in [0.1, 0.15) is 0 Å². The summed E-state index contributed by atoms with van der Waals surface area (Å²) in [5, 5.41) is 3.63. The Balaban J connectivity index is 1.50. The highest BCUT2D eigenvalue weighted by Gasteiger charge is 2.28. The van der Waals surface area contributed by atoms with Crippen LogP contribution in [-0.4, -0.2) is 43.7 Å². The predicted molar refractivity (Wildman–Crippen MR) is 86.5 cm³/mol. The largest absolute Gasteiger partial charge is 0.378 e. The van der Waals surface area contributed by atoms with E-state index in [0.29, 0.717) is 25.7 Å². The van der Waals surface area contributed by atoms with Crippen LogP contribution in [0.3, 0.4) is 0 Å². The fourth-order valence-electron chi connectivity index (χ4n) is 3.30. The lowest BCUT2D eigenvalue weighted by molar-refractivity contribution is -0.135. The zero-order chi connectivity index (χ0) is 15.2. The zero-order valence-corrected chi connectivity index (χ0v) is 13.2. The number of amides is 1. The van der Waals surface area contributed by atoms with Crippen LogP contribution >= 0.6 is 0 Å². The molecule has 2 aliphatic rings. The summed E-state index contributed by atoms with van der Waals surface area (Å²) >= 11 is 0. The number of benzene rings is 1. The molecule has 4 heteroatoms. The van der Waals surface area contributed by atoms with Crippen LogP contribution in [0.25, 0.3) is 0 Å². The topological polar surface area (TPSA) is 41.6 Å². The van der Waals surface area contributed by atoms with Gasteiger partial charge >= 0.3 is 0 Å². The molecule has 1 atom stereocenters. The van der Waals surface area contributed by atoms with Gasteiger partial charge in [-0.15, -0.1) is 0 Å². The molecule has 0 unspecified atom stereocenters. The second-order valence-electron chi connectivity index (χ2n) is 6.28. The molecule has 0 radical (unpaired) electrons. The molecule has 1 amide bonds. The van der Waals surface area contributed by atoms with Gasteiger partial charge in [-0.2, -0.15) is 0 Å². The number of hydrogen-bond acceptors (Lipinski definition) is 3. The maximum atomic E-state index is 12.2. The van der Waals surface area contributed by atoms with E-state index in [1.54, 1.807) is 0 Å². The minimum Gasteiger partial charge on any atom is -0.378 e. The fourth-order valence-corrected chi connectivity index (χ4v) is 3.30. The zero-order valence-electron chi connectivity index (χ0n) is 13.2. The van der Waals surface area contributed by atoms with E-state index < -0.39 is 0 Å². The summed E-state index contributed by atoms with van der Waals surface area (Å²) in [6.45, 7) is 3.58. The highest BCUT2D eigenvalue weighted by Crippen LogP contribution is 2.37. The van der Waals surface area contributed by atoms with Crippen molar-refractivity contribution in [3.05, 3.63) is 35.9 Å². The van der Waals surface area contributed by atoms with Crippen molar-refractivity contribution in [2.75, 3.05) is 32.8 Å². The maximum Gasteiger partial charge on any atom is 0.224 e. The first kappa shape index (κ1) is 15.5. The van der Waals surface area contributed by atoms with Gasteiger partial charge in [-0.25, -0.2) is 0 Å². The number of rotatable bonds is 6. The molecule has 1 heterocycles. The average Bonchev–Trinajstić information content (AvgIpc) is 2.53. The van der Waals surface area contributed by atoms with Gasteiger partial charge in [0.05, 0.1) is 13.2 Å². The minimum atomic E-state index is 0.247. The predicted octanol–water partition coefficient (Wildman–Crippen LogP) is 2.37. The molecule has 1 aliphatic heterocycles. The van der Waals surface area contributed by atoms with E-state index in [0.717, 1.165) is 25.6 Å². The van der Waals surface area contributed by atoms with Gasteiger partial charge in [0.15, 0.2) is 0 Å². The van der Waals surface area contributed by atoms with Crippen LogP contribution < -0.4 is 5.32 Å². The summed E-state index contributed by atoms with van der Waals surface area (Å²) in [5.74, 6) is 0.970. The molecule has 1 aliphatic carbocycles. The Morgan fingerprint density at radius 1 is 1.23 bits per heavy atom. The van der Waals surface area contributed by atoms with Crippen LogP contribution in [0.5, 0.6) is 0 Å². The number of carbonyl (C=O) groups is 1. The van der Waals surface area contributed by atoms with E-state index in [4.69, 9.17) is 4.74 Å². The first-order valence-electron chi connectivity index (χ1n) is 8.48. The normalized spacial score (nSPS) is 20.5. The van der Waals surface area contributed by atoms with Crippen LogP contribution in [0.15, 0.2) is 30.3 Å². The molecular formula is C18H26N2O2. The summed E-state index contributed by atoms with van der Waals surface area (Å²) < 4.78 is 5.29. The third-order valence-electron chi connectivity index (χ3n) is 4.85. The van der Waals surface area contributed by atoms with Gasteiger partial charge in [0, 0.05) is 32.1 Å². The van der Waals surface area contributed by atoms with E-state index in [1.165, 1.54) is 24.8 Å². The van der Waals surface area contributed by atoms with Crippen LogP contribution in [0, 0.1) is 5.92 Å². The van der Waals surface area contributed by atoms with Crippen molar-refractivity contribution in [1.82, 2.24) is 10.2 Å². The van der Waals surface area contributed by atoms with Gasteiger partial charge in [0.25, 0.3) is 0 Å². The molecule has 1 saturated heterocycles. The summed E-state index contributed by atoms with van der Waals surface area (Å²) in [4.78, 5) is 14.1. The highest BCUT2D eigenvalue weighted by molar-refractivity contribution is 5.76. The summed E-state index contributed by atoms with van der Waals surface area (Å²) in [6, 6.07) is 11.0. The Hall–Kier alpha value is -1.39. The van der Waals surface area contributed by atoms with Crippen molar-refractivity contribution in [2.45, 2.75) is 31.7 Å². The third kappa shape index (κ3) is 3.87. The van der Waals surface area contributed by atoms with Crippen molar-refractivity contribution >= 4 is 5.91 Å². The van der Waals surface area contributed by atoms with E-state index >= 15 is 0 Å². The van der Waals surface area contributed by atoms with Crippen LogP contribution in [-0.2, 0) is 9.53 Å². The van der Waals surface area contributed by atoms with Gasteiger partial charge in [0.2, 0.25) is 5.91 Å². The number of hydrogen-bond donors (Lipinski definition) is 1. The Kier molecular flexibility index (Phi) is 5.46. The van der Waals surface area contributed by atoms with Crippen molar-refractivity contribution in [1.29, 1.82) is 0 Å². The summed E-state index contributed by atoms with van der Waals surface area (Å²) in [6.07, 6.45) is 4.51. The van der Waals surface area contributed by atoms with Crippen molar-refractivity contribution < 1.29 is 9.53 Å². The van der Waals surface area contributed by atoms with Gasteiger partial charge < -0.3 is 15.0 Å². The number of ether oxygens (including phenoxy) is 1. The first-order valence-corrected chi connectivity index (χ1v) is 8.48. The van der Waals surface area contributed by atoms with Gasteiger partial charge in [-0.3, -0.25) is 4.79 Å². The monoisotopic (exact) mass is 302 g/mol. The second-order valence-corrected chi connectivity index (χ2v) is 6.28. The van der Waals surface area contributed by atoms with Crippen LogP contribution in [0.1, 0.15) is 37.3 Å². The number of morpholine rings is 1. The molecule has 1 aromatic carbocycles. The van der Waals surface area contributed by atoms with Crippen LogP contribution in [0.2, 0.25) is 0 Å². The Morgan fingerprint density at radius 3 is 2.59 bits per heavy atom. The Labute approximate surface area is 132 Å². The van der Waals surface area contributed by atoms with E-state index in [9.17, 15) is 4.79 Å². The molecule has 0 spiro atoms. The van der Waals surface area contributed by atoms with Crippen molar-refractivity contribution in [3.63, 3.8) is 0 Å². The van der Waals surface area contributed by atoms with Crippen molar-refractivity contribution in [3.8, 4) is 0 Å². The molecule has 120 valence electrons. The van der Waals surface area contributed by atoms with Crippen molar-refractivity contribution in [2.24, 2.45) is 5.92 Å². The molecule has 1 N–H and O–H groups in total.